The summed E-state index contributed by atoms with van der Waals surface area (Å²) in [7, 11) is 0. The molecule has 0 unspecified atom stereocenters. The van der Waals surface area contributed by atoms with Crippen LogP contribution in [0.3, 0.4) is 0 Å². The zero-order chi connectivity index (χ0) is 7.11. The topological polar surface area (TPSA) is 35.5 Å². The van der Waals surface area contributed by atoms with Crippen molar-refractivity contribution in [1.29, 1.82) is 0 Å². The van der Waals surface area contributed by atoms with E-state index < -0.39 is 6.16 Å². The van der Waals surface area contributed by atoms with E-state index in [2.05, 4.69) is 7.80 Å². The third-order valence-corrected chi connectivity index (χ3v) is 1.14. The summed E-state index contributed by atoms with van der Waals surface area (Å²) in [5, 5.41) is 0. The van der Waals surface area contributed by atoms with E-state index in [9.17, 15) is 4.79 Å². The van der Waals surface area contributed by atoms with Gasteiger partial charge in [-0.1, -0.05) is 13.3 Å². The quantitative estimate of drug-likeness (QED) is 0.434. The minimum Gasteiger partial charge on any atom is -0.434 e. The third kappa shape index (κ3) is 5.88. The lowest BCUT2D eigenvalue weighted by atomic mass is 10.4. The largest absolute Gasteiger partial charge is 0.517 e. The zero-order valence-electron chi connectivity index (χ0n) is 5.22. The van der Waals surface area contributed by atoms with Crippen LogP contribution in [-0.2, 0) is 7.80 Å². The molecule has 0 fully saturated rings. The molecule has 0 radical (unpaired) electrons. The molecule has 3 nitrogen and oxygen atoms in total. The van der Waals surface area contributed by atoms with E-state index in [0.29, 0.717) is 6.61 Å². The van der Waals surface area contributed by atoms with Crippen LogP contribution in [0.15, 0.2) is 0 Å². The first kappa shape index (κ1) is 9.00. The van der Waals surface area contributed by atoms with Gasteiger partial charge in [-0.05, 0) is 6.42 Å². The molecule has 0 aliphatic rings. The summed E-state index contributed by atoms with van der Waals surface area (Å²) in [4.78, 5) is 10.2. The Morgan fingerprint density at radius 2 is 2.33 bits per heavy atom. The molecule has 0 amide bonds. The summed E-state index contributed by atoms with van der Waals surface area (Å²) in [5.41, 5.74) is 0. The second-order valence-corrected chi connectivity index (χ2v) is 1.97. The summed E-state index contributed by atoms with van der Waals surface area (Å²) in [5.74, 6) is 0. The summed E-state index contributed by atoms with van der Waals surface area (Å²) in [6, 6.07) is 0. The van der Waals surface area contributed by atoms with Crippen molar-refractivity contribution >= 4 is 29.2 Å². The van der Waals surface area contributed by atoms with Gasteiger partial charge in [-0.2, -0.15) is 0 Å². The van der Waals surface area contributed by atoms with Gasteiger partial charge in [0.1, 0.15) is 0 Å². The molecule has 0 aromatic carbocycles. The number of halogens is 1. The Morgan fingerprint density at radius 1 is 1.67 bits per heavy atom. The van der Waals surface area contributed by atoms with Gasteiger partial charge in [-0.3, -0.25) is 0 Å². The smallest absolute Gasteiger partial charge is 0.434 e. The fraction of sp³-hybridized carbons (Fsp3) is 0.800. The number of unbranched alkanes of at least 4 members (excludes halogenated alkanes) is 1. The maximum absolute atomic E-state index is 10.2. The van der Waals surface area contributed by atoms with E-state index in [4.69, 9.17) is 0 Å². The van der Waals surface area contributed by atoms with Crippen molar-refractivity contribution in [1.82, 2.24) is 0 Å². The van der Waals surface area contributed by atoms with Crippen LogP contribution in [0.2, 0.25) is 0 Å². The molecule has 54 valence electrons. The maximum Gasteiger partial charge on any atom is 0.517 e. The molecule has 0 aromatic heterocycles. The van der Waals surface area contributed by atoms with E-state index in [1.807, 2.05) is 6.92 Å². The van der Waals surface area contributed by atoms with Gasteiger partial charge in [0.15, 0.2) is 23.0 Å². The monoisotopic (exact) mass is 244 g/mol. The van der Waals surface area contributed by atoms with Gasteiger partial charge in [0.05, 0.1) is 6.61 Å². The van der Waals surface area contributed by atoms with E-state index in [1.54, 1.807) is 0 Å². The van der Waals surface area contributed by atoms with Crippen molar-refractivity contribution in [2.24, 2.45) is 0 Å². The molecule has 0 saturated carbocycles. The highest BCUT2D eigenvalue weighted by Crippen LogP contribution is 1.94. The molecule has 4 heteroatoms. The Morgan fingerprint density at radius 3 is 2.78 bits per heavy atom. The number of ether oxygens (including phenoxy) is 1. The second-order valence-electron chi connectivity index (χ2n) is 1.53. The zero-order valence-corrected chi connectivity index (χ0v) is 7.38. The normalized spacial score (nSPS) is 8.67. The Labute approximate surface area is 68.4 Å². The second kappa shape index (κ2) is 6.12. The molecule has 0 aliphatic heterocycles. The highest BCUT2D eigenvalue weighted by atomic mass is 127. The molecule has 0 heterocycles. The Kier molecular flexibility index (Phi) is 6.12. The van der Waals surface area contributed by atoms with Crippen molar-refractivity contribution in [3.63, 3.8) is 0 Å². The summed E-state index contributed by atoms with van der Waals surface area (Å²) in [6.45, 7) is 2.48. The van der Waals surface area contributed by atoms with Crippen LogP contribution in [0.5, 0.6) is 0 Å². The van der Waals surface area contributed by atoms with Gasteiger partial charge >= 0.3 is 6.16 Å². The SMILES string of the molecule is CCCCOC(=O)OI. The first-order chi connectivity index (χ1) is 4.31. The first-order valence-electron chi connectivity index (χ1n) is 2.76. The van der Waals surface area contributed by atoms with E-state index >= 15 is 0 Å². The number of rotatable bonds is 3. The number of hydrogen-bond donors (Lipinski definition) is 0. The standard InChI is InChI=1S/C5H9IO3/c1-2-3-4-8-5(7)9-6/h2-4H2,1H3. The molecule has 0 bridgehead atoms. The minimum absolute atomic E-state index is 0.457. The Bertz CT molecular complexity index is 84.3. The molecule has 0 saturated heterocycles. The molecular formula is C5H9IO3. The predicted octanol–water partition coefficient (Wildman–Crippen LogP) is 2.29. The van der Waals surface area contributed by atoms with Crippen molar-refractivity contribution in [2.45, 2.75) is 19.8 Å². The summed E-state index contributed by atoms with van der Waals surface area (Å²) in [6.07, 6.45) is 1.31. The number of carbonyl (C=O) groups is 1. The number of carbonyl (C=O) groups excluding carboxylic acids is 1. The highest BCUT2D eigenvalue weighted by Gasteiger charge is 1.98. The molecule has 0 atom stereocenters. The van der Waals surface area contributed by atoms with E-state index in [1.165, 1.54) is 23.0 Å². The first-order valence-corrected chi connectivity index (χ1v) is 3.64. The lowest BCUT2D eigenvalue weighted by molar-refractivity contribution is 0.112. The lowest BCUT2D eigenvalue weighted by Crippen LogP contribution is -2.01. The summed E-state index contributed by atoms with van der Waals surface area (Å²) < 4.78 is 8.77. The Balaban J connectivity index is 2.97. The van der Waals surface area contributed by atoms with Crippen molar-refractivity contribution in [2.75, 3.05) is 6.61 Å². The van der Waals surface area contributed by atoms with E-state index in [-0.39, 0.29) is 0 Å². The summed E-state index contributed by atoms with van der Waals surface area (Å²) >= 11 is 1.49. The fourth-order valence-electron chi connectivity index (χ4n) is 0.322. The molecule has 0 rings (SSSR count). The van der Waals surface area contributed by atoms with Crippen LogP contribution < -0.4 is 0 Å². The van der Waals surface area contributed by atoms with Gasteiger partial charge in [0.2, 0.25) is 0 Å². The molecule has 0 spiro atoms. The van der Waals surface area contributed by atoms with Gasteiger partial charge in [-0.15, -0.1) is 0 Å². The molecule has 0 aromatic rings. The van der Waals surface area contributed by atoms with Crippen molar-refractivity contribution < 1.29 is 12.6 Å². The molecule has 9 heavy (non-hydrogen) atoms. The predicted molar refractivity (Wildman–Crippen MR) is 41.4 cm³/mol. The van der Waals surface area contributed by atoms with Gasteiger partial charge in [-0.25, -0.2) is 4.79 Å². The van der Waals surface area contributed by atoms with Crippen LogP contribution in [0, 0.1) is 0 Å². The maximum atomic E-state index is 10.2. The molecule has 0 aliphatic carbocycles. The van der Waals surface area contributed by atoms with Crippen LogP contribution >= 0.6 is 23.0 Å². The van der Waals surface area contributed by atoms with Gasteiger partial charge in [0, 0.05) is 0 Å². The molecule has 0 N–H and O–H groups in total. The van der Waals surface area contributed by atoms with Crippen LogP contribution in [-0.4, -0.2) is 12.8 Å². The van der Waals surface area contributed by atoms with Crippen molar-refractivity contribution in [3.8, 4) is 0 Å². The van der Waals surface area contributed by atoms with Crippen LogP contribution in [0.4, 0.5) is 4.79 Å². The Hall–Kier alpha value is 0. The number of hydrogen-bond acceptors (Lipinski definition) is 3. The fourth-order valence-corrected chi connectivity index (χ4v) is 0.449. The van der Waals surface area contributed by atoms with Crippen LogP contribution in [0.1, 0.15) is 19.8 Å². The van der Waals surface area contributed by atoms with E-state index in [0.717, 1.165) is 12.8 Å². The third-order valence-electron chi connectivity index (χ3n) is 0.781. The molecular weight excluding hydrogens is 235 g/mol. The van der Waals surface area contributed by atoms with Crippen LogP contribution in [0.25, 0.3) is 0 Å². The van der Waals surface area contributed by atoms with Crippen molar-refractivity contribution in [3.05, 3.63) is 0 Å². The van der Waals surface area contributed by atoms with Gasteiger partial charge in [0.25, 0.3) is 0 Å². The minimum atomic E-state index is -0.607. The lowest BCUT2D eigenvalue weighted by Gasteiger charge is -1.97. The highest BCUT2D eigenvalue weighted by molar-refractivity contribution is 14.1. The average molecular weight is 244 g/mol. The average Bonchev–Trinajstić information content (AvgIpc) is 1.89. The van der Waals surface area contributed by atoms with Gasteiger partial charge < -0.3 is 7.80 Å².